The van der Waals surface area contributed by atoms with Crippen LogP contribution in [0.25, 0.3) is 0 Å². The lowest BCUT2D eigenvalue weighted by atomic mass is 10.0. The van der Waals surface area contributed by atoms with Gasteiger partial charge in [0.1, 0.15) is 11.9 Å². The lowest BCUT2D eigenvalue weighted by Gasteiger charge is -2.27. The van der Waals surface area contributed by atoms with Crippen LogP contribution in [0.3, 0.4) is 0 Å². The minimum Gasteiger partial charge on any atom is -0.496 e. The first-order valence-corrected chi connectivity index (χ1v) is 11.9. The Morgan fingerprint density at radius 2 is 1.70 bits per heavy atom. The molecule has 1 heterocycles. The van der Waals surface area contributed by atoms with Crippen molar-refractivity contribution in [1.82, 2.24) is 4.90 Å². The average molecular weight is 468 g/mol. The zero-order valence-electron chi connectivity index (χ0n) is 20.8. The van der Waals surface area contributed by atoms with Crippen LogP contribution in [0.4, 0.5) is 0 Å². The van der Waals surface area contributed by atoms with Crippen molar-refractivity contribution >= 4 is 11.6 Å². The molecule has 1 aliphatic heterocycles. The summed E-state index contributed by atoms with van der Waals surface area (Å²) in [5.74, 6) is 0.988. The largest absolute Gasteiger partial charge is 0.496 e. The molecular weight excluding hydrogens is 430 g/mol. The molecule has 0 spiro atoms. The highest BCUT2D eigenvalue weighted by Gasteiger charge is 2.26. The van der Waals surface area contributed by atoms with Gasteiger partial charge in [-0.2, -0.15) is 0 Å². The van der Waals surface area contributed by atoms with Gasteiger partial charge in [0, 0.05) is 12.4 Å². The van der Waals surface area contributed by atoms with Gasteiger partial charge in [0.15, 0.2) is 0 Å². The van der Waals surface area contributed by atoms with Gasteiger partial charge in [-0.25, -0.2) is 0 Å². The maximum atomic E-state index is 6.56. The highest BCUT2D eigenvalue weighted by atomic mass is 35.5. The Labute approximate surface area is 205 Å². The molecule has 1 unspecified atom stereocenters. The molecule has 0 radical (unpaired) electrons. The number of ether oxygens (including phenoxy) is 2. The molecule has 3 aromatic rings. The third-order valence-corrected chi connectivity index (χ3v) is 6.57. The van der Waals surface area contributed by atoms with Crippen molar-refractivity contribution in [3.8, 4) is 5.75 Å². The van der Waals surface area contributed by atoms with Crippen molar-refractivity contribution in [1.29, 1.82) is 0 Å². The zero-order valence-corrected chi connectivity index (χ0v) is 20.5. The Hall–Kier alpha value is -2.33. The summed E-state index contributed by atoms with van der Waals surface area (Å²) in [6, 6.07) is 27.3. The Bertz CT molecular complexity index is 967. The summed E-state index contributed by atoms with van der Waals surface area (Å²) in [4.78, 5) is 2.60. The number of likely N-dealkylation sites (tertiary alicyclic amines) is 1. The average Bonchev–Trinajstić information content (AvgIpc) is 3.34. The van der Waals surface area contributed by atoms with E-state index in [1.165, 1.54) is 31.4 Å². The fraction of sp³-hybridized carbons (Fsp3) is 0.379. The van der Waals surface area contributed by atoms with Crippen molar-refractivity contribution < 1.29 is 10.8 Å². The van der Waals surface area contributed by atoms with Crippen LogP contribution in [0.15, 0.2) is 78.9 Å². The van der Waals surface area contributed by atoms with Gasteiger partial charge in [0.2, 0.25) is 0 Å². The van der Waals surface area contributed by atoms with E-state index >= 15 is 0 Å². The van der Waals surface area contributed by atoms with Gasteiger partial charge in [-0.1, -0.05) is 79.7 Å². The number of rotatable bonds is 10. The molecular formula is C29H36ClNO2. The maximum Gasteiger partial charge on any atom is 0.122 e. The molecule has 3 aromatic carbocycles. The molecule has 1 aliphatic rings. The molecule has 1 saturated heterocycles. The summed E-state index contributed by atoms with van der Waals surface area (Å²) in [6.45, 7) is 2.97. The summed E-state index contributed by atoms with van der Waals surface area (Å²) in [6.07, 6.45) is 4.50. The van der Waals surface area contributed by atoms with E-state index in [1.807, 2.05) is 30.3 Å². The van der Waals surface area contributed by atoms with Crippen LogP contribution < -0.4 is 4.74 Å². The van der Waals surface area contributed by atoms with E-state index in [9.17, 15) is 0 Å². The first kappa shape index (κ1) is 23.8. The number of benzene rings is 3. The van der Waals surface area contributed by atoms with E-state index in [-0.39, 0.29) is 6.10 Å². The smallest absolute Gasteiger partial charge is 0.122 e. The van der Waals surface area contributed by atoms with Crippen molar-refractivity contribution in [2.45, 2.75) is 45.2 Å². The topological polar surface area (TPSA) is 21.7 Å². The van der Waals surface area contributed by atoms with Crippen LogP contribution in [0, 0.1) is 0 Å². The van der Waals surface area contributed by atoms with Gasteiger partial charge in [0.05, 0.1) is 13.7 Å². The maximum absolute atomic E-state index is 6.56. The standard InChI is InChI=1S/C28H32ClNO2.CH4/c1-31-27-14-6-5-9-22(27)12-7-19-30-20-8-13-26(30)21-32-28(23-10-3-2-4-11-23)24-15-17-25(29)18-16-24;/h2-6,9-11,14-18,26,28H,7-8,12-13,19-21H2,1H3;1H4/t26-,28?;/m0./s1/i;1T. The van der Waals surface area contributed by atoms with Crippen LogP contribution in [-0.4, -0.2) is 37.7 Å². The summed E-state index contributed by atoms with van der Waals surface area (Å²) in [5, 5.41) is 0.748. The van der Waals surface area contributed by atoms with Gasteiger partial charge in [-0.15, -0.1) is 0 Å². The van der Waals surface area contributed by atoms with Gasteiger partial charge in [0.25, 0.3) is 0 Å². The zero-order chi connectivity index (χ0) is 24.2. The van der Waals surface area contributed by atoms with Gasteiger partial charge >= 0.3 is 0 Å². The molecule has 0 aliphatic carbocycles. The molecule has 2 atom stereocenters. The second-order valence-electron chi connectivity index (χ2n) is 8.42. The van der Waals surface area contributed by atoms with Crippen molar-refractivity contribution in [2.24, 2.45) is 0 Å². The normalized spacial score (nSPS) is 17.1. The summed E-state index contributed by atoms with van der Waals surface area (Å²) >= 11 is 6.12. The first-order chi connectivity index (χ1) is 16.7. The number of hydrogen-bond donors (Lipinski definition) is 0. The van der Waals surface area contributed by atoms with Crippen LogP contribution in [0.5, 0.6) is 5.75 Å². The van der Waals surface area contributed by atoms with E-state index in [0.717, 1.165) is 48.9 Å². The predicted octanol–water partition coefficient (Wildman–Crippen LogP) is 7.19. The Morgan fingerprint density at radius 3 is 2.45 bits per heavy atom. The SMILES string of the molecule is COc1ccccc1CCCN1CCC[C@H]1COC(c1ccccc1)c1ccc(Cl)cc1.[3H]C. The first-order valence-electron chi connectivity index (χ1n) is 12.5. The summed E-state index contributed by atoms with van der Waals surface area (Å²) < 4.78 is 17.8. The molecule has 4 rings (SSSR count). The Kier molecular flexibility index (Phi) is 9.23. The minimum atomic E-state index is -0.0792. The number of aryl methyl sites for hydroxylation is 1. The van der Waals surface area contributed by atoms with Crippen LogP contribution in [0.2, 0.25) is 5.02 Å². The van der Waals surface area contributed by atoms with E-state index in [2.05, 4.69) is 53.4 Å². The van der Waals surface area contributed by atoms with E-state index in [4.69, 9.17) is 22.4 Å². The summed E-state index contributed by atoms with van der Waals surface area (Å²) in [5.41, 5.74) is 3.60. The molecule has 0 amide bonds. The fourth-order valence-corrected chi connectivity index (χ4v) is 4.74. The van der Waals surface area contributed by atoms with E-state index in [1.54, 1.807) is 7.11 Å². The predicted molar refractivity (Wildman–Crippen MR) is 138 cm³/mol. The third kappa shape index (κ3) is 6.83. The fourth-order valence-electron chi connectivity index (χ4n) is 4.62. The number of para-hydroxylation sites is 1. The van der Waals surface area contributed by atoms with Crippen molar-refractivity contribution in [3.63, 3.8) is 0 Å². The number of hydrogen-bond acceptors (Lipinski definition) is 3. The molecule has 176 valence electrons. The quantitative estimate of drug-likeness (QED) is 0.315. The highest BCUT2D eigenvalue weighted by molar-refractivity contribution is 6.30. The van der Waals surface area contributed by atoms with Crippen molar-refractivity contribution in [3.05, 3.63) is 101 Å². The van der Waals surface area contributed by atoms with Gasteiger partial charge < -0.3 is 9.47 Å². The van der Waals surface area contributed by atoms with Gasteiger partial charge in [-0.05, 0) is 73.7 Å². The Morgan fingerprint density at radius 1 is 1.00 bits per heavy atom. The van der Waals surface area contributed by atoms with Crippen LogP contribution >= 0.6 is 11.6 Å². The lowest BCUT2D eigenvalue weighted by molar-refractivity contribution is 0.0376. The van der Waals surface area contributed by atoms with Gasteiger partial charge in [-0.3, -0.25) is 4.90 Å². The monoisotopic (exact) mass is 467 g/mol. The number of halogens is 1. The van der Waals surface area contributed by atoms with Crippen LogP contribution in [-0.2, 0) is 11.2 Å². The number of nitrogens with zero attached hydrogens (tertiary/aromatic N) is 1. The molecule has 0 saturated carbocycles. The molecule has 1 fully saturated rings. The highest BCUT2D eigenvalue weighted by Crippen LogP contribution is 2.29. The van der Waals surface area contributed by atoms with Crippen LogP contribution in [0.1, 0.15) is 50.8 Å². The molecule has 0 N–H and O–H groups in total. The summed E-state index contributed by atoms with van der Waals surface area (Å²) in [7, 11) is 3.00. The van der Waals surface area contributed by atoms with Crippen molar-refractivity contribution in [2.75, 3.05) is 26.8 Å². The number of methoxy groups -OCH3 is 1. The second kappa shape index (κ2) is 12.8. The van der Waals surface area contributed by atoms with E-state index < -0.39 is 0 Å². The lowest BCUT2D eigenvalue weighted by Crippen LogP contribution is -2.34. The van der Waals surface area contributed by atoms with E-state index in [0.29, 0.717) is 6.04 Å². The molecule has 4 heteroatoms. The second-order valence-corrected chi connectivity index (χ2v) is 8.86. The molecule has 0 bridgehead atoms. The third-order valence-electron chi connectivity index (χ3n) is 6.31. The Balaban J connectivity index is 0.00000158. The molecule has 3 nitrogen and oxygen atoms in total. The molecule has 33 heavy (non-hydrogen) atoms. The minimum absolute atomic E-state index is 0.0792. The molecule has 0 aromatic heterocycles.